The minimum absolute atomic E-state index is 0.0857. The maximum absolute atomic E-state index is 11.9. The van der Waals surface area contributed by atoms with Crippen LogP contribution < -0.4 is 9.47 Å². The summed E-state index contributed by atoms with van der Waals surface area (Å²) in [5.74, 6) is 1.20. The minimum atomic E-state index is -0.657. The molecule has 0 N–H and O–H groups in total. The van der Waals surface area contributed by atoms with Crippen LogP contribution in [0, 0.1) is 11.3 Å². The zero-order valence-electron chi connectivity index (χ0n) is 17.5. The van der Waals surface area contributed by atoms with Crippen molar-refractivity contribution < 1.29 is 19.0 Å². The Balaban J connectivity index is 2.00. The van der Waals surface area contributed by atoms with Crippen LogP contribution in [-0.4, -0.2) is 25.8 Å². The molecule has 0 fully saturated rings. The maximum Gasteiger partial charge on any atom is 0.348 e. The van der Waals surface area contributed by atoms with Gasteiger partial charge in [-0.3, -0.25) is 0 Å². The van der Waals surface area contributed by atoms with Crippen LogP contribution in [0.25, 0.3) is 6.08 Å². The van der Waals surface area contributed by atoms with E-state index in [1.54, 1.807) is 19.1 Å². The van der Waals surface area contributed by atoms with Gasteiger partial charge in [-0.2, -0.15) is 5.26 Å². The van der Waals surface area contributed by atoms with E-state index in [1.807, 2.05) is 24.3 Å². The minimum Gasteiger partial charge on any atom is -0.490 e. The molecule has 0 aromatic heterocycles. The van der Waals surface area contributed by atoms with Crippen LogP contribution in [0.5, 0.6) is 11.5 Å². The predicted octanol–water partition coefficient (Wildman–Crippen LogP) is 5.89. The molecule has 0 unspecified atom stereocenters. The fraction of sp³-hybridized carbons (Fsp3) is 0.333. The van der Waals surface area contributed by atoms with Crippen LogP contribution in [0.3, 0.4) is 0 Å². The van der Waals surface area contributed by atoms with Crippen LogP contribution in [0.1, 0.15) is 44.2 Å². The molecule has 0 aliphatic carbocycles. The third kappa shape index (κ3) is 6.93. The van der Waals surface area contributed by atoms with Crippen molar-refractivity contribution in [2.45, 2.75) is 33.1 Å². The van der Waals surface area contributed by atoms with Gasteiger partial charge in [0.2, 0.25) is 0 Å². The molecule has 0 amide bonds. The van der Waals surface area contributed by atoms with Gasteiger partial charge in [0.15, 0.2) is 0 Å². The number of carbonyl (C=O) groups is 1. The molecule has 0 spiro atoms. The van der Waals surface area contributed by atoms with E-state index in [-0.39, 0.29) is 12.2 Å². The van der Waals surface area contributed by atoms with Crippen molar-refractivity contribution in [3.8, 4) is 17.6 Å². The predicted molar refractivity (Wildman–Crippen MR) is 121 cm³/mol. The van der Waals surface area contributed by atoms with Gasteiger partial charge in [0.25, 0.3) is 0 Å². The lowest BCUT2D eigenvalue weighted by Gasteiger charge is -2.12. The van der Waals surface area contributed by atoms with Gasteiger partial charge in [-0.25, -0.2) is 4.79 Å². The van der Waals surface area contributed by atoms with Crippen LogP contribution in [-0.2, 0) is 9.53 Å². The Hall–Kier alpha value is -2.78. The van der Waals surface area contributed by atoms with Crippen molar-refractivity contribution in [1.82, 2.24) is 0 Å². The van der Waals surface area contributed by atoms with Crippen molar-refractivity contribution >= 4 is 28.0 Å². The fourth-order valence-corrected chi connectivity index (χ4v) is 3.08. The molecular formula is C24H26BrNO4. The Morgan fingerprint density at radius 3 is 2.47 bits per heavy atom. The van der Waals surface area contributed by atoms with Crippen LogP contribution >= 0.6 is 15.9 Å². The number of nitriles is 1. The average Bonchev–Trinajstić information content (AvgIpc) is 2.76. The number of halogens is 1. The zero-order valence-corrected chi connectivity index (χ0v) is 19.1. The van der Waals surface area contributed by atoms with E-state index in [9.17, 15) is 10.1 Å². The molecule has 0 bridgehead atoms. The first-order valence-electron chi connectivity index (χ1n) is 9.92. The third-order valence-corrected chi connectivity index (χ3v) is 5.05. The molecule has 6 heteroatoms. The summed E-state index contributed by atoms with van der Waals surface area (Å²) < 4.78 is 17.3. The highest BCUT2D eigenvalue weighted by atomic mass is 79.9. The van der Waals surface area contributed by atoms with Gasteiger partial charge in [0, 0.05) is 10.0 Å². The van der Waals surface area contributed by atoms with Crippen molar-refractivity contribution in [1.29, 1.82) is 5.26 Å². The first-order valence-corrected chi connectivity index (χ1v) is 10.7. The molecule has 0 saturated heterocycles. The van der Waals surface area contributed by atoms with E-state index >= 15 is 0 Å². The summed E-state index contributed by atoms with van der Waals surface area (Å²) in [6.45, 7) is 6.95. The van der Waals surface area contributed by atoms with Gasteiger partial charge in [-0.05, 0) is 61.2 Å². The second-order valence-electron chi connectivity index (χ2n) is 6.65. The van der Waals surface area contributed by atoms with Crippen molar-refractivity contribution in [3.05, 3.63) is 63.6 Å². The average molecular weight is 472 g/mol. The molecule has 0 radical (unpaired) electrons. The Kier molecular flexibility index (Phi) is 9.43. The number of nitrogens with zero attached hydrogens (tertiary/aromatic N) is 1. The standard InChI is InChI=1S/C24H26BrNO4/c1-4-17(3)18-6-9-22(10-7-18)29-12-13-30-23-11-8-21(25)15-19(23)14-20(16-26)24(27)28-5-2/h6-11,14-15,17H,4-5,12-13H2,1-3H3/b20-14+/t17-/m1/s1. The smallest absolute Gasteiger partial charge is 0.348 e. The number of ether oxygens (including phenoxy) is 3. The Labute approximate surface area is 186 Å². The molecule has 158 valence electrons. The van der Waals surface area contributed by atoms with Gasteiger partial charge in [0.05, 0.1) is 6.61 Å². The number of rotatable bonds is 10. The number of hydrogen-bond donors (Lipinski definition) is 0. The summed E-state index contributed by atoms with van der Waals surface area (Å²) >= 11 is 3.40. The van der Waals surface area contributed by atoms with E-state index in [1.165, 1.54) is 11.6 Å². The van der Waals surface area contributed by atoms with Crippen LogP contribution in [0.15, 0.2) is 52.5 Å². The quantitative estimate of drug-likeness (QED) is 0.187. The molecule has 2 rings (SSSR count). The van der Waals surface area contributed by atoms with Crippen LogP contribution in [0.2, 0.25) is 0 Å². The summed E-state index contributed by atoms with van der Waals surface area (Å²) in [4.78, 5) is 11.9. The highest BCUT2D eigenvalue weighted by Gasteiger charge is 2.12. The summed E-state index contributed by atoms with van der Waals surface area (Å²) in [7, 11) is 0. The Bertz CT molecular complexity index is 916. The lowest BCUT2D eigenvalue weighted by molar-refractivity contribution is -0.137. The second kappa shape index (κ2) is 12.0. The molecular weight excluding hydrogens is 446 g/mol. The van der Waals surface area contributed by atoms with Crippen LogP contribution in [0.4, 0.5) is 0 Å². The van der Waals surface area contributed by atoms with Gasteiger partial charge < -0.3 is 14.2 Å². The molecule has 0 saturated carbocycles. The highest BCUT2D eigenvalue weighted by Crippen LogP contribution is 2.26. The van der Waals surface area contributed by atoms with Gasteiger partial charge in [0.1, 0.15) is 36.4 Å². The Morgan fingerprint density at radius 1 is 1.13 bits per heavy atom. The van der Waals surface area contributed by atoms with E-state index in [4.69, 9.17) is 14.2 Å². The first-order chi connectivity index (χ1) is 14.5. The number of benzene rings is 2. The topological polar surface area (TPSA) is 68.6 Å². The largest absolute Gasteiger partial charge is 0.490 e. The lowest BCUT2D eigenvalue weighted by Crippen LogP contribution is -2.10. The van der Waals surface area contributed by atoms with Gasteiger partial charge in [-0.1, -0.05) is 41.9 Å². The Morgan fingerprint density at radius 2 is 1.83 bits per heavy atom. The summed E-state index contributed by atoms with van der Waals surface area (Å²) in [5, 5.41) is 9.26. The molecule has 0 aliphatic heterocycles. The lowest BCUT2D eigenvalue weighted by atomic mass is 9.99. The van der Waals surface area contributed by atoms with Crippen molar-refractivity contribution in [3.63, 3.8) is 0 Å². The van der Waals surface area contributed by atoms with E-state index < -0.39 is 5.97 Å². The molecule has 2 aromatic rings. The van der Waals surface area contributed by atoms with Crippen molar-refractivity contribution in [2.24, 2.45) is 0 Å². The summed E-state index contributed by atoms with van der Waals surface area (Å²) in [6.07, 6.45) is 2.56. The van der Waals surface area contributed by atoms with Gasteiger partial charge in [-0.15, -0.1) is 0 Å². The van der Waals surface area contributed by atoms with Gasteiger partial charge >= 0.3 is 5.97 Å². The molecule has 0 aliphatic rings. The normalized spacial score (nSPS) is 12.0. The molecule has 0 heterocycles. The monoisotopic (exact) mass is 471 g/mol. The highest BCUT2D eigenvalue weighted by molar-refractivity contribution is 9.10. The second-order valence-corrected chi connectivity index (χ2v) is 7.56. The third-order valence-electron chi connectivity index (χ3n) is 4.56. The molecule has 5 nitrogen and oxygen atoms in total. The SMILES string of the molecule is CCOC(=O)/C(C#N)=C/c1cc(Br)ccc1OCCOc1ccc([C@H](C)CC)cc1. The summed E-state index contributed by atoms with van der Waals surface area (Å²) in [5.41, 5.74) is 1.81. The summed E-state index contributed by atoms with van der Waals surface area (Å²) in [6, 6.07) is 15.4. The molecule has 30 heavy (non-hydrogen) atoms. The number of carbonyl (C=O) groups excluding carboxylic acids is 1. The van der Waals surface area contributed by atoms with E-state index in [0.29, 0.717) is 30.4 Å². The zero-order chi connectivity index (χ0) is 21.9. The molecule has 2 aromatic carbocycles. The maximum atomic E-state index is 11.9. The number of hydrogen-bond acceptors (Lipinski definition) is 5. The van der Waals surface area contributed by atoms with E-state index in [0.717, 1.165) is 16.6 Å². The number of esters is 1. The van der Waals surface area contributed by atoms with E-state index in [2.05, 4.69) is 41.9 Å². The van der Waals surface area contributed by atoms with Crippen molar-refractivity contribution in [2.75, 3.05) is 19.8 Å². The fourth-order valence-electron chi connectivity index (χ4n) is 2.70. The molecule has 1 atom stereocenters. The first kappa shape index (κ1) is 23.5.